The molecule has 0 radical (unpaired) electrons. The number of aliphatic hydroxyl groups is 1. The maximum absolute atomic E-state index is 13.4. The number of aliphatic carboxylic acids is 1. The summed E-state index contributed by atoms with van der Waals surface area (Å²) in [6.45, 7) is 5.15. The molecule has 2 aliphatic rings. The number of benzene rings is 2. The summed E-state index contributed by atoms with van der Waals surface area (Å²) in [5.74, 6) is -2.05. The van der Waals surface area contributed by atoms with Gasteiger partial charge >= 0.3 is 12.1 Å². The Morgan fingerprint density at radius 1 is 1.05 bits per heavy atom. The fraction of sp³-hybridized carbons (Fsp3) is 0.464. The highest BCUT2D eigenvalue weighted by Gasteiger charge is 2.45. The minimum Gasteiger partial charge on any atom is -0.480 e. The van der Waals surface area contributed by atoms with E-state index in [9.17, 15) is 24.6 Å². The Bertz CT molecular complexity index is 1130. The number of nitrogens with zero attached hydrogens (tertiary/aromatic N) is 2. The van der Waals surface area contributed by atoms with Crippen LogP contribution in [0.1, 0.15) is 44.2 Å². The van der Waals surface area contributed by atoms with Gasteiger partial charge in [-0.2, -0.15) is 0 Å². The standard InChI is InChI=1S/C28H34N2O7/c1-28(2,3)37-17-13-23(25(32)29(4)24(15-31)26(33)34)30(14-17)27(35)36-16-22-20-11-7-5-9-18(20)19-10-6-8-12-21(19)22/h5-12,17,22-24,31H,13-16H2,1-4H3,(H,33,34)/t17?,23-,24-/m0/s1. The number of likely N-dealkylation sites (N-methyl/N-ethyl adjacent to an activating group) is 1. The van der Waals surface area contributed by atoms with Gasteiger partial charge < -0.3 is 24.6 Å². The van der Waals surface area contributed by atoms with Crippen molar-refractivity contribution in [3.8, 4) is 11.1 Å². The van der Waals surface area contributed by atoms with E-state index in [2.05, 4.69) is 12.1 Å². The van der Waals surface area contributed by atoms with Gasteiger partial charge in [0.25, 0.3) is 0 Å². The van der Waals surface area contributed by atoms with Crippen LogP contribution in [0.5, 0.6) is 0 Å². The van der Waals surface area contributed by atoms with Crippen molar-refractivity contribution in [2.75, 3.05) is 26.8 Å². The summed E-state index contributed by atoms with van der Waals surface area (Å²) in [5.41, 5.74) is 3.86. The van der Waals surface area contributed by atoms with Crippen LogP contribution in [-0.2, 0) is 19.1 Å². The maximum atomic E-state index is 13.4. The molecule has 1 aliphatic heterocycles. The Morgan fingerprint density at radius 2 is 1.62 bits per heavy atom. The minimum atomic E-state index is -1.42. The lowest BCUT2D eigenvalue weighted by molar-refractivity contribution is -0.152. The summed E-state index contributed by atoms with van der Waals surface area (Å²) in [5, 5.41) is 18.9. The highest BCUT2D eigenvalue weighted by Crippen LogP contribution is 2.44. The zero-order chi connectivity index (χ0) is 26.9. The van der Waals surface area contributed by atoms with Crippen molar-refractivity contribution >= 4 is 18.0 Å². The molecule has 9 heteroatoms. The van der Waals surface area contributed by atoms with Crippen LogP contribution in [0, 0.1) is 0 Å². The van der Waals surface area contributed by atoms with Gasteiger partial charge in [0.05, 0.1) is 24.9 Å². The molecule has 9 nitrogen and oxygen atoms in total. The van der Waals surface area contributed by atoms with E-state index in [1.54, 1.807) is 0 Å². The van der Waals surface area contributed by atoms with Crippen molar-refractivity contribution < 1.29 is 34.1 Å². The lowest BCUT2D eigenvalue weighted by Gasteiger charge is -2.30. The van der Waals surface area contributed by atoms with Crippen molar-refractivity contribution in [3.63, 3.8) is 0 Å². The molecule has 2 N–H and O–H groups in total. The van der Waals surface area contributed by atoms with Gasteiger partial charge in [-0.3, -0.25) is 9.69 Å². The molecule has 4 rings (SSSR count). The monoisotopic (exact) mass is 510 g/mol. The normalized spacial score (nSPS) is 19.8. The van der Waals surface area contributed by atoms with Gasteiger partial charge in [-0.1, -0.05) is 48.5 Å². The van der Waals surface area contributed by atoms with Gasteiger partial charge in [-0.15, -0.1) is 0 Å². The Labute approximate surface area is 216 Å². The average Bonchev–Trinajstić information content (AvgIpc) is 3.40. The lowest BCUT2D eigenvalue weighted by Crippen LogP contribution is -2.52. The first-order valence-electron chi connectivity index (χ1n) is 12.4. The van der Waals surface area contributed by atoms with E-state index in [1.165, 1.54) is 11.9 Å². The predicted octanol–water partition coefficient (Wildman–Crippen LogP) is 3.10. The second kappa shape index (κ2) is 10.5. The topological polar surface area (TPSA) is 117 Å². The maximum Gasteiger partial charge on any atom is 0.410 e. The van der Waals surface area contributed by atoms with Crippen LogP contribution >= 0.6 is 0 Å². The van der Waals surface area contributed by atoms with Gasteiger partial charge in [0, 0.05) is 19.4 Å². The summed E-state index contributed by atoms with van der Waals surface area (Å²) in [4.78, 5) is 40.5. The third kappa shape index (κ3) is 5.47. The van der Waals surface area contributed by atoms with E-state index in [0.717, 1.165) is 27.2 Å². The quantitative estimate of drug-likeness (QED) is 0.588. The minimum absolute atomic E-state index is 0.0965. The number of amides is 2. The largest absolute Gasteiger partial charge is 0.480 e. The summed E-state index contributed by atoms with van der Waals surface area (Å²) in [6.07, 6.45) is -0.896. The molecule has 1 aliphatic carbocycles. The molecule has 1 saturated heterocycles. The molecule has 2 aromatic rings. The Hall–Kier alpha value is -3.43. The molecule has 0 saturated carbocycles. The molecular weight excluding hydrogens is 476 g/mol. The first-order chi connectivity index (χ1) is 17.5. The summed E-state index contributed by atoms with van der Waals surface area (Å²) < 4.78 is 11.8. The summed E-state index contributed by atoms with van der Waals surface area (Å²) >= 11 is 0. The van der Waals surface area contributed by atoms with Crippen molar-refractivity contribution in [1.82, 2.24) is 9.80 Å². The molecular formula is C28H34N2O7. The number of carbonyl (C=O) groups excluding carboxylic acids is 2. The van der Waals surface area contributed by atoms with E-state index >= 15 is 0 Å². The Morgan fingerprint density at radius 3 is 2.14 bits per heavy atom. The molecule has 37 heavy (non-hydrogen) atoms. The smallest absolute Gasteiger partial charge is 0.410 e. The number of hydrogen-bond donors (Lipinski definition) is 2. The number of hydrogen-bond acceptors (Lipinski definition) is 6. The van der Waals surface area contributed by atoms with Crippen LogP contribution in [0.25, 0.3) is 11.1 Å². The van der Waals surface area contributed by atoms with Crippen LogP contribution in [-0.4, -0.2) is 88.6 Å². The predicted molar refractivity (Wildman–Crippen MR) is 136 cm³/mol. The van der Waals surface area contributed by atoms with Crippen molar-refractivity contribution in [1.29, 1.82) is 0 Å². The van der Waals surface area contributed by atoms with Crippen LogP contribution < -0.4 is 0 Å². The molecule has 1 fully saturated rings. The first kappa shape index (κ1) is 26.6. The number of fused-ring (bicyclic) bond motifs is 3. The van der Waals surface area contributed by atoms with Crippen molar-refractivity contribution in [2.24, 2.45) is 0 Å². The van der Waals surface area contributed by atoms with E-state index in [-0.39, 0.29) is 25.5 Å². The van der Waals surface area contributed by atoms with E-state index in [4.69, 9.17) is 9.47 Å². The molecule has 2 aromatic carbocycles. The molecule has 1 heterocycles. The molecule has 198 valence electrons. The lowest BCUT2D eigenvalue weighted by atomic mass is 9.98. The van der Waals surface area contributed by atoms with E-state index < -0.39 is 48.4 Å². The SMILES string of the molecule is CN(C(=O)[C@@H]1CC(OC(C)(C)C)CN1C(=O)OCC1c2ccccc2-c2ccccc21)[C@@H](CO)C(=O)O. The van der Waals surface area contributed by atoms with Gasteiger partial charge in [0.1, 0.15) is 12.6 Å². The van der Waals surface area contributed by atoms with Gasteiger partial charge in [0.2, 0.25) is 5.91 Å². The van der Waals surface area contributed by atoms with Gasteiger partial charge in [0.15, 0.2) is 6.04 Å². The number of aliphatic hydroxyl groups excluding tert-OH is 1. The number of likely N-dealkylation sites (tertiary alicyclic amines) is 1. The molecule has 0 bridgehead atoms. The number of carboxylic acid groups (broad SMARTS) is 1. The van der Waals surface area contributed by atoms with Crippen molar-refractivity contribution in [3.05, 3.63) is 59.7 Å². The molecule has 3 atom stereocenters. The average molecular weight is 511 g/mol. The highest BCUT2D eigenvalue weighted by molar-refractivity contribution is 5.90. The Balaban J connectivity index is 1.53. The number of carboxylic acids is 1. The third-order valence-electron chi connectivity index (χ3n) is 6.91. The van der Waals surface area contributed by atoms with Gasteiger partial charge in [-0.05, 0) is 43.0 Å². The highest BCUT2D eigenvalue weighted by atomic mass is 16.6. The van der Waals surface area contributed by atoms with Crippen LogP contribution in [0.2, 0.25) is 0 Å². The third-order valence-corrected chi connectivity index (χ3v) is 6.91. The molecule has 0 spiro atoms. The number of rotatable bonds is 7. The zero-order valence-corrected chi connectivity index (χ0v) is 21.6. The van der Waals surface area contributed by atoms with Crippen molar-refractivity contribution in [2.45, 2.75) is 56.9 Å². The fourth-order valence-corrected chi connectivity index (χ4v) is 5.25. The second-order valence-electron chi connectivity index (χ2n) is 10.5. The number of carbonyl (C=O) groups is 3. The van der Waals surface area contributed by atoms with Gasteiger partial charge in [-0.25, -0.2) is 9.59 Å². The van der Waals surface area contributed by atoms with E-state index in [0.29, 0.717) is 0 Å². The number of ether oxygens (including phenoxy) is 2. The fourth-order valence-electron chi connectivity index (χ4n) is 5.25. The molecule has 1 unspecified atom stereocenters. The summed E-state index contributed by atoms with van der Waals surface area (Å²) in [6, 6.07) is 13.6. The van der Waals surface area contributed by atoms with E-state index in [1.807, 2.05) is 57.2 Å². The first-order valence-corrected chi connectivity index (χ1v) is 12.4. The van der Waals surface area contributed by atoms with Crippen LogP contribution in [0.3, 0.4) is 0 Å². The zero-order valence-electron chi connectivity index (χ0n) is 21.6. The Kier molecular flexibility index (Phi) is 7.57. The van der Waals surface area contributed by atoms with Crippen LogP contribution in [0.15, 0.2) is 48.5 Å². The summed E-state index contributed by atoms with van der Waals surface area (Å²) in [7, 11) is 1.31. The molecule has 2 amide bonds. The molecule has 0 aromatic heterocycles. The second-order valence-corrected chi connectivity index (χ2v) is 10.5. The van der Waals surface area contributed by atoms with Crippen LogP contribution in [0.4, 0.5) is 4.79 Å².